The quantitative estimate of drug-likeness (QED) is 0.846. The molecular formula is C16H23ClN2O2. The molecule has 1 saturated heterocycles. The molecule has 1 heterocycles. The molecule has 2 rings (SSSR count). The predicted molar refractivity (Wildman–Crippen MR) is 86.1 cm³/mol. The van der Waals surface area contributed by atoms with Gasteiger partial charge in [-0.3, -0.25) is 4.79 Å². The number of nitrogens with one attached hydrogen (secondary N) is 2. The lowest BCUT2D eigenvalue weighted by Crippen LogP contribution is -2.38. The molecular weight excluding hydrogens is 288 g/mol. The Labute approximate surface area is 131 Å². The molecule has 0 aliphatic carbocycles. The van der Waals surface area contributed by atoms with E-state index in [0.717, 1.165) is 38.0 Å². The summed E-state index contributed by atoms with van der Waals surface area (Å²) in [6.45, 7) is 6.24. The van der Waals surface area contributed by atoms with Crippen molar-refractivity contribution in [3.8, 4) is 5.75 Å². The number of halogens is 1. The second-order valence-corrected chi connectivity index (χ2v) is 5.90. The lowest BCUT2D eigenvalue weighted by Gasteiger charge is -2.26. The monoisotopic (exact) mass is 310 g/mol. The van der Waals surface area contributed by atoms with Gasteiger partial charge in [-0.25, -0.2) is 0 Å². The highest BCUT2D eigenvalue weighted by Gasteiger charge is 2.40. The smallest absolute Gasteiger partial charge is 0.231 e. The van der Waals surface area contributed by atoms with E-state index in [9.17, 15) is 4.79 Å². The van der Waals surface area contributed by atoms with E-state index in [0.29, 0.717) is 17.4 Å². The van der Waals surface area contributed by atoms with Crippen molar-refractivity contribution in [1.82, 2.24) is 5.32 Å². The van der Waals surface area contributed by atoms with Crippen LogP contribution in [-0.4, -0.2) is 25.6 Å². The fourth-order valence-corrected chi connectivity index (χ4v) is 3.09. The van der Waals surface area contributed by atoms with E-state index in [2.05, 4.69) is 17.6 Å². The fourth-order valence-electron chi connectivity index (χ4n) is 2.86. The van der Waals surface area contributed by atoms with E-state index < -0.39 is 0 Å². The first-order chi connectivity index (χ1) is 10.1. The van der Waals surface area contributed by atoms with Gasteiger partial charge in [-0.05, 0) is 44.5 Å². The summed E-state index contributed by atoms with van der Waals surface area (Å²) in [7, 11) is 0. The number of hydrogen-bond donors (Lipinski definition) is 2. The zero-order valence-electron chi connectivity index (χ0n) is 12.7. The van der Waals surface area contributed by atoms with Gasteiger partial charge in [0.2, 0.25) is 5.91 Å². The highest BCUT2D eigenvalue weighted by molar-refractivity contribution is 6.32. The molecule has 1 amide bonds. The maximum Gasteiger partial charge on any atom is 0.231 e. The molecule has 0 spiro atoms. The maximum atomic E-state index is 12.6. The second kappa shape index (κ2) is 7.14. The molecule has 0 bridgehead atoms. The summed E-state index contributed by atoms with van der Waals surface area (Å²) < 4.78 is 5.40. The van der Waals surface area contributed by atoms with Crippen LogP contribution in [-0.2, 0) is 4.79 Å². The Hall–Kier alpha value is -1.26. The Morgan fingerprint density at radius 2 is 2.29 bits per heavy atom. The van der Waals surface area contributed by atoms with E-state index in [1.54, 1.807) is 12.1 Å². The first-order valence-corrected chi connectivity index (χ1v) is 7.93. The van der Waals surface area contributed by atoms with Gasteiger partial charge in [0.1, 0.15) is 5.75 Å². The van der Waals surface area contributed by atoms with Gasteiger partial charge >= 0.3 is 0 Å². The summed E-state index contributed by atoms with van der Waals surface area (Å²) in [4.78, 5) is 12.6. The van der Waals surface area contributed by atoms with E-state index in [1.165, 1.54) is 0 Å². The van der Waals surface area contributed by atoms with Crippen molar-refractivity contribution in [3.63, 3.8) is 0 Å². The van der Waals surface area contributed by atoms with E-state index in [-0.39, 0.29) is 11.3 Å². The fraction of sp³-hybridized carbons (Fsp3) is 0.562. The van der Waals surface area contributed by atoms with Crippen LogP contribution in [0.4, 0.5) is 5.69 Å². The number of amides is 1. The summed E-state index contributed by atoms with van der Waals surface area (Å²) in [5, 5.41) is 6.81. The molecule has 1 fully saturated rings. The molecule has 116 valence electrons. The minimum absolute atomic E-state index is 0.0783. The normalized spacial score (nSPS) is 21.3. The Kier molecular flexibility index (Phi) is 5.48. The summed E-state index contributed by atoms with van der Waals surface area (Å²) >= 11 is 6.16. The summed E-state index contributed by atoms with van der Waals surface area (Å²) in [5.74, 6) is 0.720. The molecule has 1 aliphatic heterocycles. The SMILES string of the molecule is CCCC1(C(=O)Nc2ccc(OCC)c(Cl)c2)CCNC1. The largest absolute Gasteiger partial charge is 0.492 e. The number of benzene rings is 1. The van der Waals surface area contributed by atoms with Crippen molar-refractivity contribution in [1.29, 1.82) is 0 Å². The van der Waals surface area contributed by atoms with Crippen molar-refractivity contribution in [2.45, 2.75) is 33.1 Å². The lowest BCUT2D eigenvalue weighted by atomic mass is 9.81. The zero-order valence-corrected chi connectivity index (χ0v) is 13.4. The molecule has 2 N–H and O–H groups in total. The van der Waals surface area contributed by atoms with Gasteiger partial charge in [0.15, 0.2) is 0 Å². The molecule has 0 saturated carbocycles. The van der Waals surface area contributed by atoms with Gasteiger partial charge in [-0.15, -0.1) is 0 Å². The molecule has 1 aliphatic rings. The molecule has 5 heteroatoms. The number of anilines is 1. The van der Waals surface area contributed by atoms with Crippen LogP contribution in [0.2, 0.25) is 5.02 Å². The average Bonchev–Trinajstić information content (AvgIpc) is 2.92. The summed E-state index contributed by atoms with van der Waals surface area (Å²) in [5.41, 5.74) is 0.427. The molecule has 1 aromatic rings. The van der Waals surface area contributed by atoms with Crippen LogP contribution in [0.25, 0.3) is 0 Å². The van der Waals surface area contributed by atoms with Gasteiger partial charge in [-0.2, -0.15) is 0 Å². The topological polar surface area (TPSA) is 50.4 Å². The first kappa shape index (κ1) is 16.1. The molecule has 21 heavy (non-hydrogen) atoms. The Bertz CT molecular complexity index is 499. The highest BCUT2D eigenvalue weighted by Crippen LogP contribution is 2.34. The minimum Gasteiger partial charge on any atom is -0.492 e. The van der Waals surface area contributed by atoms with Gasteiger partial charge in [0, 0.05) is 12.2 Å². The molecule has 0 aromatic heterocycles. The summed E-state index contributed by atoms with van der Waals surface area (Å²) in [6, 6.07) is 5.37. The van der Waals surface area contributed by atoms with Crippen LogP contribution in [0.3, 0.4) is 0 Å². The third-order valence-corrected chi connectivity index (χ3v) is 4.24. The number of rotatable bonds is 6. The van der Waals surface area contributed by atoms with E-state index in [4.69, 9.17) is 16.3 Å². The zero-order chi connectivity index (χ0) is 15.3. The van der Waals surface area contributed by atoms with Gasteiger partial charge in [0.25, 0.3) is 0 Å². The molecule has 1 atom stereocenters. The van der Waals surface area contributed by atoms with Crippen LogP contribution in [0, 0.1) is 5.41 Å². The first-order valence-electron chi connectivity index (χ1n) is 7.56. The Morgan fingerprint density at radius 1 is 1.48 bits per heavy atom. The molecule has 1 aromatic carbocycles. The minimum atomic E-state index is -0.292. The Balaban J connectivity index is 2.10. The molecule has 0 radical (unpaired) electrons. The third-order valence-electron chi connectivity index (χ3n) is 3.94. The third kappa shape index (κ3) is 3.69. The standard InChI is InChI=1S/C16H23ClN2O2/c1-3-7-16(8-9-18-11-16)15(20)19-12-5-6-14(21-4-2)13(17)10-12/h5-6,10,18H,3-4,7-9,11H2,1-2H3,(H,19,20). The van der Waals surface area contributed by atoms with Crippen molar-refractivity contribution < 1.29 is 9.53 Å². The van der Waals surface area contributed by atoms with Crippen LogP contribution < -0.4 is 15.4 Å². The number of ether oxygens (including phenoxy) is 1. The lowest BCUT2D eigenvalue weighted by molar-refractivity contribution is -0.125. The van der Waals surface area contributed by atoms with Crippen molar-refractivity contribution >= 4 is 23.2 Å². The van der Waals surface area contributed by atoms with Gasteiger partial charge in [0.05, 0.1) is 17.0 Å². The average molecular weight is 311 g/mol. The number of hydrogen-bond acceptors (Lipinski definition) is 3. The molecule has 4 nitrogen and oxygen atoms in total. The highest BCUT2D eigenvalue weighted by atomic mass is 35.5. The molecule has 1 unspecified atom stereocenters. The van der Waals surface area contributed by atoms with Crippen molar-refractivity contribution in [3.05, 3.63) is 23.2 Å². The number of carbonyl (C=O) groups is 1. The van der Waals surface area contributed by atoms with Crippen LogP contribution >= 0.6 is 11.6 Å². The maximum absolute atomic E-state index is 12.6. The Morgan fingerprint density at radius 3 is 2.86 bits per heavy atom. The van der Waals surface area contributed by atoms with Crippen LogP contribution in [0.5, 0.6) is 5.75 Å². The van der Waals surface area contributed by atoms with Crippen LogP contribution in [0.15, 0.2) is 18.2 Å². The van der Waals surface area contributed by atoms with Crippen LogP contribution in [0.1, 0.15) is 33.1 Å². The second-order valence-electron chi connectivity index (χ2n) is 5.49. The van der Waals surface area contributed by atoms with Crippen molar-refractivity contribution in [2.24, 2.45) is 5.41 Å². The van der Waals surface area contributed by atoms with Crippen molar-refractivity contribution in [2.75, 3.05) is 25.0 Å². The van der Waals surface area contributed by atoms with E-state index in [1.807, 2.05) is 13.0 Å². The van der Waals surface area contributed by atoms with E-state index >= 15 is 0 Å². The van der Waals surface area contributed by atoms with Gasteiger partial charge in [-0.1, -0.05) is 24.9 Å². The van der Waals surface area contributed by atoms with Gasteiger partial charge < -0.3 is 15.4 Å². The number of carbonyl (C=O) groups excluding carboxylic acids is 1. The predicted octanol–water partition coefficient (Wildman–Crippen LogP) is 3.46. The summed E-state index contributed by atoms with van der Waals surface area (Å²) in [6.07, 6.45) is 2.78.